The Morgan fingerprint density at radius 1 is 1.38 bits per heavy atom. The number of nitrogens with zero attached hydrogens (tertiary/aromatic N) is 4. The summed E-state index contributed by atoms with van der Waals surface area (Å²) in [5.41, 5.74) is 0. The van der Waals surface area contributed by atoms with Gasteiger partial charge in [-0.05, 0) is 6.92 Å². The number of carbonyl (C=O) groups excluding carboxylic acids is 2. The molecule has 3 rings (SSSR count). The van der Waals surface area contributed by atoms with Crippen molar-refractivity contribution in [3.8, 4) is 0 Å². The van der Waals surface area contributed by atoms with Crippen molar-refractivity contribution < 1.29 is 9.59 Å². The maximum Gasteiger partial charge on any atom is 0.324 e. The third kappa shape index (κ3) is 3.01. The summed E-state index contributed by atoms with van der Waals surface area (Å²) < 4.78 is 0. The Morgan fingerprint density at radius 3 is 2.86 bits per heavy atom. The fraction of sp³-hybridized carbons (Fsp3) is 0.615. The fourth-order valence-electron chi connectivity index (χ4n) is 2.80. The molecule has 1 aromatic rings. The van der Waals surface area contributed by atoms with Crippen LogP contribution in [-0.4, -0.2) is 72.0 Å². The molecule has 21 heavy (non-hydrogen) atoms. The summed E-state index contributed by atoms with van der Waals surface area (Å²) in [6, 6.07) is 0.113. The average molecular weight is 309 g/mol. The summed E-state index contributed by atoms with van der Waals surface area (Å²) in [5, 5.41) is 5.60. The standard InChI is InChI=1S/C13H19N5O2S/c1-10-9-16(3-5-17(10)13-14-2-7-21-13)4-6-18-11(19)8-15-12(18)20/h2,7,10H,3-6,8-9H2,1H3,(H,15,20). The van der Waals surface area contributed by atoms with Gasteiger partial charge in [0, 0.05) is 50.3 Å². The van der Waals surface area contributed by atoms with Crippen molar-refractivity contribution >= 4 is 28.4 Å². The van der Waals surface area contributed by atoms with Gasteiger partial charge in [0.2, 0.25) is 5.91 Å². The highest BCUT2D eigenvalue weighted by atomic mass is 32.1. The number of nitrogens with one attached hydrogen (secondary N) is 1. The molecule has 2 fully saturated rings. The van der Waals surface area contributed by atoms with Gasteiger partial charge in [-0.3, -0.25) is 14.6 Å². The van der Waals surface area contributed by atoms with Crippen molar-refractivity contribution in [1.82, 2.24) is 20.1 Å². The van der Waals surface area contributed by atoms with E-state index in [1.54, 1.807) is 11.3 Å². The van der Waals surface area contributed by atoms with Crippen LogP contribution in [0.2, 0.25) is 0 Å². The third-order valence-corrected chi connectivity index (χ3v) is 4.76. The van der Waals surface area contributed by atoms with Gasteiger partial charge < -0.3 is 10.2 Å². The molecule has 3 amide bonds. The molecule has 2 aliphatic rings. The summed E-state index contributed by atoms with van der Waals surface area (Å²) in [6.45, 7) is 6.28. The molecule has 3 heterocycles. The number of urea groups is 1. The SMILES string of the molecule is CC1CN(CCN2C(=O)CNC2=O)CCN1c1nccs1. The smallest absolute Gasteiger partial charge is 0.324 e. The lowest BCUT2D eigenvalue weighted by molar-refractivity contribution is -0.125. The van der Waals surface area contributed by atoms with E-state index in [-0.39, 0.29) is 18.5 Å². The molecule has 1 atom stereocenters. The van der Waals surface area contributed by atoms with Crippen LogP contribution in [0.15, 0.2) is 11.6 Å². The lowest BCUT2D eigenvalue weighted by Crippen LogP contribution is -2.53. The summed E-state index contributed by atoms with van der Waals surface area (Å²) >= 11 is 1.66. The largest absolute Gasteiger partial charge is 0.343 e. The van der Waals surface area contributed by atoms with Crippen molar-refractivity contribution in [2.75, 3.05) is 44.2 Å². The molecule has 0 bridgehead atoms. The second-order valence-corrected chi connectivity index (χ2v) is 6.23. The van der Waals surface area contributed by atoms with Crippen LogP contribution in [0.4, 0.5) is 9.93 Å². The number of anilines is 1. The fourth-order valence-corrected chi connectivity index (χ4v) is 3.57. The number of imide groups is 1. The Bertz CT molecular complexity index is 505. The zero-order valence-electron chi connectivity index (χ0n) is 12.0. The number of thiazole rings is 1. The molecule has 114 valence electrons. The van der Waals surface area contributed by atoms with Crippen molar-refractivity contribution in [2.24, 2.45) is 0 Å². The molecule has 1 aromatic heterocycles. The van der Waals surface area contributed by atoms with Gasteiger partial charge in [-0.2, -0.15) is 0 Å². The zero-order chi connectivity index (χ0) is 14.8. The number of hydrogen-bond donors (Lipinski definition) is 1. The summed E-state index contributed by atoms with van der Waals surface area (Å²) in [6.07, 6.45) is 1.83. The number of hydrogen-bond acceptors (Lipinski definition) is 6. The van der Waals surface area contributed by atoms with E-state index in [0.717, 1.165) is 31.3 Å². The van der Waals surface area contributed by atoms with Crippen LogP contribution < -0.4 is 10.2 Å². The Morgan fingerprint density at radius 2 is 2.24 bits per heavy atom. The van der Waals surface area contributed by atoms with Gasteiger partial charge in [0.25, 0.3) is 0 Å². The first-order valence-corrected chi connectivity index (χ1v) is 8.00. The molecule has 7 nitrogen and oxygen atoms in total. The number of carbonyl (C=O) groups is 2. The van der Waals surface area contributed by atoms with Crippen molar-refractivity contribution in [3.63, 3.8) is 0 Å². The van der Waals surface area contributed by atoms with Crippen LogP contribution in [0.5, 0.6) is 0 Å². The predicted molar refractivity (Wildman–Crippen MR) is 80.5 cm³/mol. The van der Waals surface area contributed by atoms with Gasteiger partial charge in [-0.25, -0.2) is 9.78 Å². The molecule has 0 saturated carbocycles. The number of rotatable bonds is 4. The first kappa shape index (κ1) is 14.3. The van der Waals surface area contributed by atoms with Crippen molar-refractivity contribution in [1.29, 1.82) is 0 Å². The molecule has 0 radical (unpaired) electrons. The van der Waals surface area contributed by atoms with E-state index in [4.69, 9.17) is 0 Å². The maximum atomic E-state index is 11.5. The molecule has 0 aliphatic carbocycles. The highest BCUT2D eigenvalue weighted by Crippen LogP contribution is 2.22. The average Bonchev–Trinajstić information content (AvgIpc) is 3.08. The molecule has 8 heteroatoms. The maximum absolute atomic E-state index is 11.5. The molecule has 0 spiro atoms. The minimum Gasteiger partial charge on any atom is -0.343 e. The van der Waals surface area contributed by atoms with E-state index in [1.165, 1.54) is 4.90 Å². The topological polar surface area (TPSA) is 68.8 Å². The number of amides is 3. The highest BCUT2D eigenvalue weighted by Gasteiger charge is 2.30. The van der Waals surface area contributed by atoms with Crippen LogP contribution in [0.25, 0.3) is 0 Å². The van der Waals surface area contributed by atoms with Crippen molar-refractivity contribution in [3.05, 3.63) is 11.6 Å². The van der Waals surface area contributed by atoms with Crippen LogP contribution >= 0.6 is 11.3 Å². The second kappa shape index (κ2) is 5.98. The van der Waals surface area contributed by atoms with Gasteiger partial charge >= 0.3 is 6.03 Å². The molecular weight excluding hydrogens is 290 g/mol. The molecule has 1 N–H and O–H groups in total. The molecule has 2 saturated heterocycles. The Labute approximate surface area is 127 Å². The normalized spacial score (nSPS) is 23.8. The summed E-state index contributed by atoms with van der Waals surface area (Å²) in [7, 11) is 0. The van der Waals surface area contributed by atoms with E-state index >= 15 is 0 Å². The summed E-state index contributed by atoms with van der Waals surface area (Å²) in [4.78, 5) is 33.3. The monoisotopic (exact) mass is 309 g/mol. The Balaban J connectivity index is 1.51. The lowest BCUT2D eigenvalue weighted by Gasteiger charge is -2.40. The van der Waals surface area contributed by atoms with E-state index in [9.17, 15) is 9.59 Å². The molecular formula is C13H19N5O2S. The van der Waals surface area contributed by atoms with Gasteiger partial charge in [-0.1, -0.05) is 0 Å². The first-order valence-electron chi connectivity index (χ1n) is 7.12. The van der Waals surface area contributed by atoms with Gasteiger partial charge in [0.15, 0.2) is 5.13 Å². The lowest BCUT2D eigenvalue weighted by atomic mass is 10.2. The molecule has 1 unspecified atom stereocenters. The van der Waals surface area contributed by atoms with Gasteiger partial charge in [0.1, 0.15) is 0 Å². The second-order valence-electron chi connectivity index (χ2n) is 5.36. The van der Waals surface area contributed by atoms with E-state index < -0.39 is 0 Å². The van der Waals surface area contributed by atoms with Crippen LogP contribution in [0.3, 0.4) is 0 Å². The Hall–Kier alpha value is -1.67. The minimum absolute atomic E-state index is 0.130. The zero-order valence-corrected chi connectivity index (χ0v) is 12.8. The molecule has 0 aromatic carbocycles. The molecule has 2 aliphatic heterocycles. The van der Waals surface area contributed by atoms with Crippen LogP contribution in [-0.2, 0) is 4.79 Å². The summed E-state index contributed by atoms with van der Waals surface area (Å²) in [5.74, 6) is -0.130. The minimum atomic E-state index is -0.269. The van der Waals surface area contributed by atoms with Crippen molar-refractivity contribution in [2.45, 2.75) is 13.0 Å². The Kier molecular flexibility index (Phi) is 4.07. The number of piperazine rings is 1. The van der Waals surface area contributed by atoms with Crippen LogP contribution in [0.1, 0.15) is 6.92 Å². The predicted octanol–water partition coefficient (Wildman–Crippen LogP) is 0.205. The van der Waals surface area contributed by atoms with E-state index in [0.29, 0.717) is 12.6 Å². The number of aromatic nitrogens is 1. The van der Waals surface area contributed by atoms with Gasteiger partial charge in [-0.15, -0.1) is 11.3 Å². The van der Waals surface area contributed by atoms with Gasteiger partial charge in [0.05, 0.1) is 6.54 Å². The quantitative estimate of drug-likeness (QED) is 0.805. The van der Waals surface area contributed by atoms with E-state index in [2.05, 4.69) is 27.0 Å². The first-order chi connectivity index (χ1) is 10.1. The highest BCUT2D eigenvalue weighted by molar-refractivity contribution is 7.13. The van der Waals surface area contributed by atoms with E-state index in [1.807, 2.05) is 11.6 Å². The third-order valence-electron chi connectivity index (χ3n) is 3.95. The van der Waals surface area contributed by atoms with Crippen LogP contribution in [0, 0.1) is 0 Å².